The van der Waals surface area contributed by atoms with Crippen molar-refractivity contribution in [3.63, 3.8) is 0 Å². The lowest BCUT2D eigenvalue weighted by molar-refractivity contribution is -0.125. The summed E-state index contributed by atoms with van der Waals surface area (Å²) in [6.07, 6.45) is 4.48. The third-order valence-corrected chi connectivity index (χ3v) is 5.33. The largest absolute Gasteiger partial charge is 0.452 e. The molecule has 2 atom stereocenters. The van der Waals surface area contributed by atoms with Crippen molar-refractivity contribution in [2.24, 2.45) is 5.92 Å². The summed E-state index contributed by atoms with van der Waals surface area (Å²) >= 11 is 0. The van der Waals surface area contributed by atoms with Gasteiger partial charge in [-0.15, -0.1) is 0 Å². The lowest BCUT2D eigenvalue weighted by atomic mass is 9.86. The second-order valence-corrected chi connectivity index (χ2v) is 7.23. The molecule has 1 fully saturated rings. The first kappa shape index (κ1) is 18.4. The van der Waals surface area contributed by atoms with Gasteiger partial charge in [-0.2, -0.15) is 0 Å². The zero-order valence-corrected chi connectivity index (χ0v) is 15.7. The fraction of sp³-hybridized carbons (Fsp3) is 0.476. The Balaban J connectivity index is 1.66. The summed E-state index contributed by atoms with van der Waals surface area (Å²) < 4.78 is 5.29. The number of rotatable bonds is 4. The summed E-state index contributed by atoms with van der Waals surface area (Å²) in [6.45, 7) is 5.58. The van der Waals surface area contributed by atoms with Crippen molar-refractivity contribution >= 4 is 22.8 Å². The van der Waals surface area contributed by atoms with Crippen LogP contribution in [-0.2, 0) is 9.53 Å². The Morgan fingerprint density at radius 3 is 2.69 bits per heavy atom. The molecule has 0 aliphatic heterocycles. The van der Waals surface area contributed by atoms with E-state index in [2.05, 4.69) is 17.2 Å². The quantitative estimate of drug-likeness (QED) is 0.850. The molecule has 0 bridgehead atoms. The van der Waals surface area contributed by atoms with Crippen LogP contribution < -0.4 is 5.32 Å². The number of amides is 1. The Morgan fingerprint density at radius 1 is 1.19 bits per heavy atom. The van der Waals surface area contributed by atoms with E-state index in [1.165, 1.54) is 6.42 Å². The molecular formula is C21H26N2O3. The number of pyridine rings is 1. The Hall–Kier alpha value is -2.43. The first-order chi connectivity index (χ1) is 12.5. The Morgan fingerprint density at radius 2 is 1.92 bits per heavy atom. The van der Waals surface area contributed by atoms with Crippen molar-refractivity contribution in [1.29, 1.82) is 0 Å². The van der Waals surface area contributed by atoms with Crippen molar-refractivity contribution in [3.05, 3.63) is 41.1 Å². The lowest BCUT2D eigenvalue weighted by Gasteiger charge is -2.29. The van der Waals surface area contributed by atoms with Crippen molar-refractivity contribution in [2.45, 2.75) is 52.5 Å². The van der Waals surface area contributed by atoms with Gasteiger partial charge in [-0.25, -0.2) is 4.79 Å². The average molecular weight is 354 g/mol. The van der Waals surface area contributed by atoms with Crippen LogP contribution in [0.5, 0.6) is 0 Å². The number of benzene rings is 1. The summed E-state index contributed by atoms with van der Waals surface area (Å²) in [5.74, 6) is -0.260. The fourth-order valence-corrected chi connectivity index (χ4v) is 3.81. The van der Waals surface area contributed by atoms with Gasteiger partial charge in [0.15, 0.2) is 6.61 Å². The normalized spacial score (nSPS) is 20.0. The number of carbonyl (C=O) groups excluding carboxylic acids is 2. The van der Waals surface area contributed by atoms with E-state index in [0.29, 0.717) is 17.2 Å². The van der Waals surface area contributed by atoms with Gasteiger partial charge in [0.2, 0.25) is 0 Å². The molecule has 1 aliphatic carbocycles. The van der Waals surface area contributed by atoms with E-state index in [1.807, 2.05) is 31.2 Å². The predicted octanol–water partition coefficient (Wildman–Crippen LogP) is 3.70. The minimum Gasteiger partial charge on any atom is -0.452 e. The summed E-state index contributed by atoms with van der Waals surface area (Å²) in [6, 6.07) is 7.87. The van der Waals surface area contributed by atoms with Gasteiger partial charge in [-0.1, -0.05) is 38.0 Å². The number of para-hydroxylation sites is 1. The predicted molar refractivity (Wildman–Crippen MR) is 101 cm³/mol. The van der Waals surface area contributed by atoms with Gasteiger partial charge in [0.1, 0.15) is 0 Å². The molecular weight excluding hydrogens is 328 g/mol. The molecule has 5 heteroatoms. The maximum absolute atomic E-state index is 12.5. The van der Waals surface area contributed by atoms with Crippen LogP contribution in [0.15, 0.2) is 24.3 Å². The Labute approximate surface area is 154 Å². The molecule has 0 radical (unpaired) electrons. The van der Waals surface area contributed by atoms with Crippen molar-refractivity contribution in [3.8, 4) is 0 Å². The third kappa shape index (κ3) is 3.87. The number of carbonyl (C=O) groups is 2. The molecule has 26 heavy (non-hydrogen) atoms. The van der Waals surface area contributed by atoms with Crippen LogP contribution in [0.1, 0.15) is 54.2 Å². The van der Waals surface area contributed by atoms with Crippen LogP contribution >= 0.6 is 0 Å². The van der Waals surface area contributed by atoms with Gasteiger partial charge >= 0.3 is 5.97 Å². The number of aryl methyl sites for hydroxylation is 2. The van der Waals surface area contributed by atoms with Crippen molar-refractivity contribution < 1.29 is 14.3 Å². The number of nitrogens with zero attached hydrogens (tertiary/aromatic N) is 1. The minimum absolute atomic E-state index is 0.181. The molecule has 2 aromatic rings. The minimum atomic E-state index is -0.495. The summed E-state index contributed by atoms with van der Waals surface area (Å²) in [5, 5.41) is 3.92. The highest BCUT2D eigenvalue weighted by atomic mass is 16.5. The van der Waals surface area contributed by atoms with Gasteiger partial charge in [0, 0.05) is 11.4 Å². The molecule has 5 nitrogen and oxygen atoms in total. The molecule has 1 aromatic carbocycles. The van der Waals surface area contributed by atoms with Crippen LogP contribution in [0, 0.1) is 19.8 Å². The van der Waals surface area contributed by atoms with Crippen LogP contribution in [0.4, 0.5) is 0 Å². The van der Waals surface area contributed by atoms with E-state index in [1.54, 1.807) is 6.92 Å². The molecule has 1 saturated carbocycles. The van der Waals surface area contributed by atoms with Crippen LogP contribution in [0.2, 0.25) is 0 Å². The second-order valence-electron chi connectivity index (χ2n) is 7.23. The van der Waals surface area contributed by atoms with Crippen molar-refractivity contribution in [2.75, 3.05) is 6.61 Å². The molecule has 1 aliphatic rings. The highest BCUT2D eigenvalue weighted by molar-refractivity contribution is 5.99. The van der Waals surface area contributed by atoms with Gasteiger partial charge in [0.05, 0.1) is 16.8 Å². The third-order valence-electron chi connectivity index (χ3n) is 5.33. The van der Waals surface area contributed by atoms with E-state index in [0.717, 1.165) is 35.7 Å². The maximum Gasteiger partial charge on any atom is 0.340 e. The molecule has 0 unspecified atom stereocenters. The molecule has 0 saturated heterocycles. The number of fused-ring (bicyclic) bond motifs is 1. The number of nitrogens with one attached hydrogen (secondary N) is 1. The number of hydrogen-bond acceptors (Lipinski definition) is 4. The maximum atomic E-state index is 12.5. The SMILES string of the molecule is Cc1nc2ccccc2c(C)c1C(=O)OCC(=O)N[C@@H]1CCCC[C@H]1C. The summed E-state index contributed by atoms with van der Waals surface area (Å²) in [7, 11) is 0. The molecule has 1 aromatic heterocycles. The van der Waals surface area contributed by atoms with Crippen LogP contribution in [0.3, 0.4) is 0 Å². The highest BCUT2D eigenvalue weighted by Crippen LogP contribution is 2.24. The van der Waals surface area contributed by atoms with E-state index >= 15 is 0 Å². The molecule has 1 N–H and O–H groups in total. The van der Waals surface area contributed by atoms with E-state index in [4.69, 9.17) is 4.74 Å². The average Bonchev–Trinajstić information content (AvgIpc) is 2.62. The summed E-state index contributed by atoms with van der Waals surface area (Å²) in [5.41, 5.74) is 2.75. The smallest absolute Gasteiger partial charge is 0.340 e. The number of esters is 1. The first-order valence-corrected chi connectivity index (χ1v) is 9.30. The fourth-order valence-electron chi connectivity index (χ4n) is 3.81. The van der Waals surface area contributed by atoms with Crippen molar-refractivity contribution in [1.82, 2.24) is 10.3 Å². The van der Waals surface area contributed by atoms with E-state index in [9.17, 15) is 9.59 Å². The zero-order chi connectivity index (χ0) is 18.7. The Bertz CT molecular complexity index is 831. The zero-order valence-electron chi connectivity index (χ0n) is 15.7. The van der Waals surface area contributed by atoms with Gasteiger partial charge in [-0.05, 0) is 44.2 Å². The van der Waals surface area contributed by atoms with Gasteiger partial charge < -0.3 is 10.1 Å². The molecule has 1 amide bonds. The van der Waals surface area contributed by atoms with Gasteiger partial charge in [-0.3, -0.25) is 9.78 Å². The first-order valence-electron chi connectivity index (χ1n) is 9.30. The molecule has 138 valence electrons. The standard InChI is InChI=1S/C21H26N2O3/c1-13-8-4-6-10-17(13)23-19(24)12-26-21(25)20-14(2)16-9-5-7-11-18(16)22-15(20)3/h5,7,9,11,13,17H,4,6,8,10,12H2,1-3H3,(H,23,24)/t13-,17-/m1/s1. The lowest BCUT2D eigenvalue weighted by Crippen LogP contribution is -2.42. The summed E-state index contributed by atoms with van der Waals surface area (Å²) in [4.78, 5) is 29.2. The van der Waals surface area contributed by atoms with Crippen LogP contribution in [-0.4, -0.2) is 29.5 Å². The second kappa shape index (κ2) is 7.85. The topological polar surface area (TPSA) is 68.3 Å². The number of aromatic nitrogens is 1. The Kier molecular flexibility index (Phi) is 5.55. The van der Waals surface area contributed by atoms with Crippen LogP contribution in [0.25, 0.3) is 10.9 Å². The van der Waals surface area contributed by atoms with E-state index in [-0.39, 0.29) is 18.6 Å². The van der Waals surface area contributed by atoms with E-state index < -0.39 is 5.97 Å². The molecule has 0 spiro atoms. The highest BCUT2D eigenvalue weighted by Gasteiger charge is 2.24. The number of hydrogen-bond donors (Lipinski definition) is 1. The molecule has 3 rings (SSSR count). The molecule has 1 heterocycles. The monoisotopic (exact) mass is 354 g/mol. The van der Waals surface area contributed by atoms with Gasteiger partial charge in [0.25, 0.3) is 5.91 Å². The number of ether oxygens (including phenoxy) is 1.